The van der Waals surface area contributed by atoms with Crippen LogP contribution in [0.4, 0.5) is 16.4 Å². The first-order valence-electron chi connectivity index (χ1n) is 18.2. The third-order valence-corrected chi connectivity index (χ3v) is 13.0. The van der Waals surface area contributed by atoms with Gasteiger partial charge in [-0.3, -0.25) is 19.8 Å². The summed E-state index contributed by atoms with van der Waals surface area (Å²) in [5.74, 6) is 1.49. The van der Waals surface area contributed by atoms with E-state index in [0.717, 1.165) is 69.3 Å². The van der Waals surface area contributed by atoms with E-state index in [9.17, 15) is 14.4 Å². The van der Waals surface area contributed by atoms with Crippen LogP contribution >= 0.6 is 38.6 Å². The van der Waals surface area contributed by atoms with Crippen molar-refractivity contribution in [1.82, 2.24) is 44.7 Å². The Morgan fingerprint density at radius 2 is 1.44 bits per heavy atom. The highest BCUT2D eigenvalue weighted by Crippen LogP contribution is 2.34. The predicted molar refractivity (Wildman–Crippen MR) is 213 cm³/mol. The molecule has 1 atom stereocenters. The van der Waals surface area contributed by atoms with Gasteiger partial charge in [-0.2, -0.15) is 19.2 Å². The molecule has 0 spiro atoms. The summed E-state index contributed by atoms with van der Waals surface area (Å²) in [6, 6.07) is 12.5. The van der Waals surface area contributed by atoms with Crippen molar-refractivity contribution in [2.75, 3.05) is 23.7 Å². The highest BCUT2D eigenvalue weighted by Gasteiger charge is 2.31. The summed E-state index contributed by atoms with van der Waals surface area (Å²) in [7, 11) is 0. The average molecular weight is 829 g/mol. The number of urea groups is 1. The maximum absolute atomic E-state index is 12.0. The average Bonchev–Trinajstić information content (AvgIpc) is 3.68. The van der Waals surface area contributed by atoms with Gasteiger partial charge >= 0.3 is 6.03 Å². The number of alkyl halides is 1. The van der Waals surface area contributed by atoms with Crippen LogP contribution < -0.4 is 21.3 Å². The van der Waals surface area contributed by atoms with Crippen molar-refractivity contribution in [2.24, 2.45) is 0 Å². The summed E-state index contributed by atoms with van der Waals surface area (Å²) in [6.07, 6.45) is 11.7. The molecule has 54 heavy (non-hydrogen) atoms. The zero-order chi connectivity index (χ0) is 36.8. The van der Waals surface area contributed by atoms with Crippen molar-refractivity contribution in [2.45, 2.75) is 74.9 Å². The summed E-state index contributed by atoms with van der Waals surface area (Å²) in [5, 5.41) is 21.6. The van der Waals surface area contributed by atoms with E-state index < -0.39 is 12.1 Å². The minimum absolute atomic E-state index is 0.313. The topological polar surface area (TPSA) is 163 Å². The molecule has 4 N–H and O–H groups in total. The molecule has 2 aliphatic carbocycles. The largest absolute Gasteiger partial charge is 0.367 e. The number of nitrogens with zero attached hydrogens (tertiary/aromatic N) is 7. The molecular weight excluding hydrogens is 791 g/mol. The number of carbonyl (C=O) groups excluding carboxylic acids is 3. The number of hydrogen-bond acceptors (Lipinski definition) is 12. The number of anilines is 2. The van der Waals surface area contributed by atoms with Gasteiger partial charge in [-0.25, -0.2) is 14.8 Å². The normalized spacial score (nSPS) is 18.5. The number of hydrogen-bond donors (Lipinski definition) is 4. The number of rotatable bonds is 12. The number of nitrogens with one attached hydrogen (secondary N) is 4. The lowest BCUT2D eigenvalue weighted by atomic mass is 10.1. The molecule has 6 aromatic heterocycles. The number of likely N-dealkylation sites (tertiary alicyclic amines) is 1. The molecule has 17 heteroatoms. The molecule has 0 radical (unpaired) electrons. The summed E-state index contributed by atoms with van der Waals surface area (Å²) < 4.78 is 3.52. The van der Waals surface area contributed by atoms with Gasteiger partial charge in [-0.15, -0.1) is 22.7 Å². The van der Waals surface area contributed by atoms with Gasteiger partial charge in [0.05, 0.1) is 39.1 Å². The van der Waals surface area contributed by atoms with Crippen LogP contribution in [0.1, 0.15) is 64.2 Å². The van der Waals surface area contributed by atoms with Crippen molar-refractivity contribution < 1.29 is 14.4 Å². The Morgan fingerprint density at radius 1 is 0.833 bits per heavy atom. The van der Waals surface area contributed by atoms with Gasteiger partial charge in [-0.1, -0.05) is 15.9 Å². The first-order valence-corrected chi connectivity index (χ1v) is 21.0. The molecule has 278 valence electrons. The number of carbonyl (C=O) groups is 3. The van der Waals surface area contributed by atoms with E-state index >= 15 is 0 Å². The van der Waals surface area contributed by atoms with E-state index in [1.165, 1.54) is 48.5 Å². The molecule has 10 rings (SSSR count). The van der Waals surface area contributed by atoms with Gasteiger partial charge in [0.1, 0.15) is 17.7 Å². The molecule has 4 aliphatic rings. The van der Waals surface area contributed by atoms with Gasteiger partial charge in [0, 0.05) is 57.8 Å². The molecule has 2 saturated carbocycles. The van der Waals surface area contributed by atoms with Crippen LogP contribution in [-0.4, -0.2) is 83.5 Å². The lowest BCUT2D eigenvalue weighted by Crippen LogP contribution is -2.31. The van der Waals surface area contributed by atoms with Crippen molar-refractivity contribution in [1.29, 1.82) is 0 Å². The standard InChI is InChI=1S/C22H25N7O2S.C15H13BrN4OS/c30-21-17(26-22(31)27-21)9-13-11-23-29-19(24-14-3-4-14)10-16(25-20(13)29)18-6-5-15(32-18)12-28-7-1-2-8-28;16-6-11-3-4-13(22-11)12-5-14(18-10-1-2-10)20-15(19-12)9(8-21)7-17-20/h5-6,10-11,14,17,24H,1-4,7-9,12H2,(H2,26,27,30,31);3-5,7-8,10,18H,1-2,6H2. The Hall–Kier alpha value is -4.71. The molecule has 0 bridgehead atoms. The second-order valence-corrected chi connectivity index (χ2v) is 17.0. The zero-order valence-corrected chi connectivity index (χ0v) is 32.5. The van der Waals surface area contributed by atoms with Crippen molar-refractivity contribution in [3.8, 4) is 21.1 Å². The van der Waals surface area contributed by atoms with Gasteiger partial charge in [0.25, 0.3) is 5.91 Å². The Kier molecular flexibility index (Phi) is 9.63. The Balaban J connectivity index is 0.000000153. The molecule has 14 nitrogen and oxygen atoms in total. The van der Waals surface area contributed by atoms with Crippen LogP contribution in [0.5, 0.6) is 0 Å². The van der Waals surface area contributed by atoms with Crippen molar-refractivity contribution in [3.63, 3.8) is 0 Å². The van der Waals surface area contributed by atoms with E-state index in [0.29, 0.717) is 35.4 Å². The molecule has 2 saturated heterocycles. The fourth-order valence-corrected chi connectivity index (χ4v) is 9.08. The number of aldehydes is 1. The van der Waals surface area contributed by atoms with Crippen LogP contribution in [-0.2, 0) is 23.1 Å². The molecule has 6 aromatic rings. The Bertz CT molecular complexity index is 2370. The van der Waals surface area contributed by atoms with E-state index in [1.54, 1.807) is 39.6 Å². The maximum Gasteiger partial charge on any atom is 0.322 e. The quantitative estimate of drug-likeness (QED) is 0.0643. The van der Waals surface area contributed by atoms with Crippen LogP contribution in [0.2, 0.25) is 0 Å². The smallest absolute Gasteiger partial charge is 0.322 e. The van der Waals surface area contributed by atoms with E-state index in [-0.39, 0.29) is 5.91 Å². The molecular formula is C37H38BrN11O3S2. The summed E-state index contributed by atoms with van der Waals surface area (Å²) in [6.45, 7) is 3.35. The number of imide groups is 1. The van der Waals surface area contributed by atoms with E-state index in [4.69, 9.17) is 4.98 Å². The maximum atomic E-state index is 12.0. The van der Waals surface area contributed by atoms with Crippen molar-refractivity contribution in [3.05, 3.63) is 69.7 Å². The monoisotopic (exact) mass is 827 g/mol. The van der Waals surface area contributed by atoms with Crippen LogP contribution in [0.25, 0.3) is 32.4 Å². The number of fused-ring (bicyclic) bond motifs is 2. The fourth-order valence-electron chi connectivity index (χ4n) is 6.72. The van der Waals surface area contributed by atoms with E-state index in [1.807, 2.05) is 10.6 Å². The minimum Gasteiger partial charge on any atom is -0.367 e. The molecule has 2 aliphatic heterocycles. The Morgan fingerprint density at radius 3 is 2.04 bits per heavy atom. The summed E-state index contributed by atoms with van der Waals surface area (Å²) >= 11 is 6.96. The summed E-state index contributed by atoms with van der Waals surface area (Å²) in [5.41, 5.74) is 4.44. The number of thiophene rings is 2. The third kappa shape index (κ3) is 7.49. The van der Waals surface area contributed by atoms with Crippen LogP contribution in [0.3, 0.4) is 0 Å². The highest BCUT2D eigenvalue weighted by molar-refractivity contribution is 9.08. The van der Waals surface area contributed by atoms with Crippen LogP contribution in [0, 0.1) is 0 Å². The molecule has 3 amide bonds. The SMILES string of the molecule is O=C1NC(=O)C(Cc2cnn3c(NC4CC4)cc(-c4ccc(CN5CCCC5)s4)nc23)N1.O=Cc1cnn2c(NC3CC3)cc(-c3ccc(CBr)s3)nc12. The number of halogens is 1. The molecule has 0 aromatic carbocycles. The van der Waals surface area contributed by atoms with E-state index in [2.05, 4.69) is 87.6 Å². The second-order valence-electron chi connectivity index (χ2n) is 14.1. The zero-order valence-electron chi connectivity index (χ0n) is 29.3. The van der Waals surface area contributed by atoms with Crippen molar-refractivity contribution >= 4 is 79.8 Å². The van der Waals surface area contributed by atoms with Gasteiger partial charge in [0.15, 0.2) is 17.6 Å². The molecule has 1 unspecified atom stereocenters. The van der Waals surface area contributed by atoms with Crippen LogP contribution in [0.15, 0.2) is 48.8 Å². The first-order chi connectivity index (χ1) is 26.4. The third-order valence-electron chi connectivity index (χ3n) is 9.85. The first kappa shape index (κ1) is 35.0. The Labute approximate surface area is 326 Å². The fraction of sp³-hybridized carbons (Fsp3) is 0.378. The molecule has 8 heterocycles. The number of amides is 3. The van der Waals surface area contributed by atoms with Gasteiger partial charge in [0.2, 0.25) is 0 Å². The highest BCUT2D eigenvalue weighted by atomic mass is 79.9. The lowest BCUT2D eigenvalue weighted by molar-refractivity contribution is -0.120. The minimum atomic E-state index is -0.602. The van der Waals surface area contributed by atoms with Gasteiger partial charge < -0.3 is 16.0 Å². The summed E-state index contributed by atoms with van der Waals surface area (Å²) in [4.78, 5) is 51.7. The van der Waals surface area contributed by atoms with Gasteiger partial charge in [-0.05, 0) is 75.9 Å². The molecule has 4 fully saturated rings. The lowest BCUT2D eigenvalue weighted by Gasteiger charge is -2.12. The second kappa shape index (κ2) is 14.8. The predicted octanol–water partition coefficient (Wildman–Crippen LogP) is 6.12. The number of aromatic nitrogens is 6.